The van der Waals surface area contributed by atoms with Crippen molar-refractivity contribution >= 4 is 35.0 Å². The number of allylic oxidation sites excluding steroid dienone is 1. The molecule has 0 atom stereocenters. The zero-order valence-electron chi connectivity index (χ0n) is 18.1. The molecular formula is C25H25ClN4O. The number of nitrogens with one attached hydrogen (secondary N) is 1. The van der Waals surface area contributed by atoms with Gasteiger partial charge in [-0.25, -0.2) is 5.43 Å². The quantitative estimate of drug-likeness (QED) is 0.435. The van der Waals surface area contributed by atoms with E-state index in [-0.39, 0.29) is 11.4 Å². The Labute approximate surface area is 187 Å². The predicted molar refractivity (Wildman–Crippen MR) is 128 cm³/mol. The number of rotatable bonds is 4. The Morgan fingerprint density at radius 2 is 1.81 bits per heavy atom. The summed E-state index contributed by atoms with van der Waals surface area (Å²) in [6.07, 6.45) is 7.74. The van der Waals surface area contributed by atoms with Crippen LogP contribution in [0.5, 0.6) is 0 Å². The van der Waals surface area contributed by atoms with E-state index in [1.165, 1.54) is 5.57 Å². The lowest BCUT2D eigenvalue weighted by Crippen LogP contribution is -2.42. The van der Waals surface area contributed by atoms with Gasteiger partial charge in [0.1, 0.15) is 0 Å². The third-order valence-electron chi connectivity index (χ3n) is 5.74. The molecule has 1 aliphatic rings. The highest BCUT2D eigenvalue weighted by Crippen LogP contribution is 2.40. The molecule has 1 amide bonds. The topological polar surface area (TPSA) is 49.6 Å². The second kappa shape index (κ2) is 8.08. The van der Waals surface area contributed by atoms with Crippen LogP contribution in [0.3, 0.4) is 0 Å². The number of benzene rings is 2. The van der Waals surface area contributed by atoms with E-state index in [2.05, 4.69) is 49.3 Å². The van der Waals surface area contributed by atoms with Crippen LogP contribution >= 0.6 is 11.6 Å². The van der Waals surface area contributed by atoms with Crippen molar-refractivity contribution in [3.8, 4) is 5.69 Å². The lowest BCUT2D eigenvalue weighted by molar-refractivity contribution is 0.0955. The number of carbonyl (C=O) groups excluding carboxylic acids is 1. The van der Waals surface area contributed by atoms with Gasteiger partial charge in [0, 0.05) is 47.5 Å². The second-order valence-corrected chi connectivity index (χ2v) is 8.67. The molecule has 0 spiro atoms. The molecule has 0 fully saturated rings. The molecule has 1 aliphatic heterocycles. The summed E-state index contributed by atoms with van der Waals surface area (Å²) in [5, 5.41) is 4.71. The molecule has 6 heteroatoms. The molecule has 0 radical (unpaired) electrons. The predicted octanol–water partition coefficient (Wildman–Crippen LogP) is 5.53. The molecule has 0 saturated heterocycles. The van der Waals surface area contributed by atoms with Crippen molar-refractivity contribution in [1.82, 2.24) is 9.99 Å². The van der Waals surface area contributed by atoms with Crippen molar-refractivity contribution in [2.75, 3.05) is 11.9 Å². The van der Waals surface area contributed by atoms with Crippen molar-refractivity contribution in [1.29, 1.82) is 0 Å². The first-order valence-corrected chi connectivity index (χ1v) is 10.5. The SMILES string of the molecule is CC1=CC(C)(C)N(C)c2cc(Cl)c(/C=N/NC(=O)c3ccc(-n4cccc4)cc3)cc21. The van der Waals surface area contributed by atoms with Crippen molar-refractivity contribution in [3.05, 3.63) is 88.7 Å². The molecule has 0 saturated carbocycles. The molecule has 1 aromatic heterocycles. The number of hydrogen-bond acceptors (Lipinski definition) is 3. The summed E-state index contributed by atoms with van der Waals surface area (Å²) in [5.41, 5.74) is 8.16. The van der Waals surface area contributed by atoms with Crippen molar-refractivity contribution in [3.63, 3.8) is 0 Å². The maximum Gasteiger partial charge on any atom is 0.271 e. The zero-order chi connectivity index (χ0) is 22.2. The molecular weight excluding hydrogens is 408 g/mol. The standard InChI is InChI=1S/C25H25ClN4O/c1-17-15-25(2,3)29(4)23-14-22(26)19(13-21(17)23)16-27-28-24(31)18-7-9-20(10-8-18)30-11-5-6-12-30/h5-16H,1-4H3,(H,28,31)/b27-16+. The summed E-state index contributed by atoms with van der Waals surface area (Å²) in [4.78, 5) is 14.6. The van der Waals surface area contributed by atoms with Gasteiger partial charge in [0.15, 0.2) is 0 Å². The minimum Gasteiger partial charge on any atom is -0.365 e. The van der Waals surface area contributed by atoms with Gasteiger partial charge in [-0.15, -0.1) is 0 Å². The van der Waals surface area contributed by atoms with Crippen LogP contribution in [-0.2, 0) is 0 Å². The van der Waals surface area contributed by atoms with Gasteiger partial charge in [-0.1, -0.05) is 17.7 Å². The summed E-state index contributed by atoms with van der Waals surface area (Å²) >= 11 is 6.51. The molecule has 3 aromatic rings. The van der Waals surface area contributed by atoms with Crippen LogP contribution in [0.1, 0.15) is 42.3 Å². The van der Waals surface area contributed by atoms with Crippen LogP contribution in [0.2, 0.25) is 5.02 Å². The number of hydrazone groups is 1. The Kier molecular flexibility index (Phi) is 5.46. The molecule has 1 N–H and O–H groups in total. The first-order valence-electron chi connectivity index (χ1n) is 10.1. The maximum absolute atomic E-state index is 12.4. The van der Waals surface area contributed by atoms with Crippen LogP contribution in [0.4, 0.5) is 5.69 Å². The first kappa shape index (κ1) is 20.9. The van der Waals surface area contributed by atoms with Gasteiger partial charge >= 0.3 is 0 Å². The number of nitrogens with zero attached hydrogens (tertiary/aromatic N) is 3. The molecule has 2 heterocycles. The lowest BCUT2D eigenvalue weighted by Gasteiger charge is -2.40. The smallest absolute Gasteiger partial charge is 0.271 e. The van der Waals surface area contributed by atoms with Gasteiger partial charge in [0.2, 0.25) is 0 Å². The van der Waals surface area contributed by atoms with Gasteiger partial charge in [0.25, 0.3) is 5.91 Å². The molecule has 0 unspecified atom stereocenters. The Morgan fingerprint density at radius 3 is 2.48 bits per heavy atom. The number of carbonyl (C=O) groups is 1. The summed E-state index contributed by atoms with van der Waals surface area (Å²) in [6, 6.07) is 15.2. The summed E-state index contributed by atoms with van der Waals surface area (Å²) in [6.45, 7) is 6.44. The largest absolute Gasteiger partial charge is 0.365 e. The second-order valence-electron chi connectivity index (χ2n) is 8.27. The summed E-state index contributed by atoms with van der Waals surface area (Å²) < 4.78 is 1.98. The number of halogens is 1. The van der Waals surface area contributed by atoms with Crippen LogP contribution in [0, 0.1) is 0 Å². The van der Waals surface area contributed by atoms with Crippen LogP contribution in [0.15, 0.2) is 72.1 Å². The molecule has 0 aliphatic carbocycles. The zero-order valence-corrected chi connectivity index (χ0v) is 18.8. The Balaban J connectivity index is 1.49. The minimum absolute atomic E-state index is 0.0824. The van der Waals surface area contributed by atoms with Gasteiger partial charge in [-0.05, 0) is 74.9 Å². The highest BCUT2D eigenvalue weighted by molar-refractivity contribution is 6.33. The number of hydrogen-bond donors (Lipinski definition) is 1. The molecule has 158 valence electrons. The van der Waals surface area contributed by atoms with E-state index < -0.39 is 0 Å². The van der Waals surface area contributed by atoms with Crippen LogP contribution in [0.25, 0.3) is 11.3 Å². The monoisotopic (exact) mass is 432 g/mol. The number of likely N-dealkylation sites (N-methyl/N-ethyl adjacent to an activating group) is 1. The molecule has 0 bridgehead atoms. The maximum atomic E-state index is 12.4. The number of fused-ring (bicyclic) bond motifs is 1. The van der Waals surface area contributed by atoms with E-state index in [0.29, 0.717) is 10.6 Å². The van der Waals surface area contributed by atoms with E-state index in [1.54, 1.807) is 18.3 Å². The number of aromatic nitrogens is 1. The van der Waals surface area contributed by atoms with Gasteiger partial charge < -0.3 is 9.47 Å². The Morgan fingerprint density at radius 1 is 1.13 bits per heavy atom. The highest BCUT2D eigenvalue weighted by Gasteiger charge is 2.29. The van der Waals surface area contributed by atoms with Crippen molar-refractivity contribution in [2.24, 2.45) is 5.10 Å². The fourth-order valence-electron chi connectivity index (χ4n) is 3.80. The van der Waals surface area contributed by atoms with Crippen molar-refractivity contribution in [2.45, 2.75) is 26.3 Å². The van der Waals surface area contributed by atoms with Crippen LogP contribution in [-0.4, -0.2) is 29.3 Å². The fourth-order valence-corrected chi connectivity index (χ4v) is 4.01. The van der Waals surface area contributed by atoms with E-state index in [4.69, 9.17) is 11.6 Å². The molecule has 31 heavy (non-hydrogen) atoms. The first-order chi connectivity index (χ1) is 14.8. The summed E-state index contributed by atoms with van der Waals surface area (Å²) in [5.74, 6) is -0.276. The van der Waals surface area contributed by atoms with Crippen LogP contribution < -0.4 is 10.3 Å². The molecule has 5 nitrogen and oxygen atoms in total. The Hall–Kier alpha value is -3.31. The fraction of sp³-hybridized carbons (Fsp3) is 0.200. The van der Waals surface area contributed by atoms with Crippen molar-refractivity contribution < 1.29 is 4.79 Å². The Bertz CT molecular complexity index is 1170. The highest BCUT2D eigenvalue weighted by atomic mass is 35.5. The molecule has 4 rings (SSSR count). The van der Waals surface area contributed by atoms with E-state index in [1.807, 2.05) is 53.4 Å². The van der Waals surface area contributed by atoms with Gasteiger partial charge in [-0.3, -0.25) is 4.79 Å². The number of amides is 1. The number of anilines is 1. The normalized spacial score (nSPS) is 15.0. The van der Waals surface area contributed by atoms with Gasteiger partial charge in [0.05, 0.1) is 16.8 Å². The third-order valence-corrected chi connectivity index (χ3v) is 6.06. The van der Waals surface area contributed by atoms with Gasteiger partial charge in [-0.2, -0.15) is 5.10 Å². The lowest BCUT2D eigenvalue weighted by atomic mass is 9.88. The average molecular weight is 433 g/mol. The molecule has 2 aromatic carbocycles. The third kappa shape index (κ3) is 4.14. The van der Waals surface area contributed by atoms with E-state index >= 15 is 0 Å². The van der Waals surface area contributed by atoms with E-state index in [0.717, 1.165) is 22.5 Å². The minimum atomic E-state index is -0.276. The summed E-state index contributed by atoms with van der Waals surface area (Å²) in [7, 11) is 2.06. The van der Waals surface area contributed by atoms with E-state index in [9.17, 15) is 4.79 Å². The average Bonchev–Trinajstić information content (AvgIpc) is 3.27.